The third-order valence-corrected chi connectivity index (χ3v) is 7.89. The van der Waals surface area contributed by atoms with Gasteiger partial charge in [-0.15, -0.1) is 10.2 Å². The number of hydrogen-bond acceptors (Lipinski definition) is 5. The zero-order valence-corrected chi connectivity index (χ0v) is 19.5. The number of pyridine rings is 1. The first-order chi connectivity index (χ1) is 16.2. The van der Waals surface area contributed by atoms with Gasteiger partial charge in [-0.3, -0.25) is 4.57 Å². The van der Waals surface area contributed by atoms with E-state index in [4.69, 9.17) is 31.3 Å². The lowest BCUT2D eigenvalue weighted by Gasteiger charge is -2.36. The fourth-order valence-corrected chi connectivity index (χ4v) is 6.07. The molecule has 0 bridgehead atoms. The summed E-state index contributed by atoms with van der Waals surface area (Å²) in [6.45, 7) is 1.63. The lowest BCUT2D eigenvalue weighted by Crippen LogP contribution is -2.33. The highest BCUT2D eigenvalue weighted by Gasteiger charge is 2.39. The van der Waals surface area contributed by atoms with E-state index in [0.29, 0.717) is 11.8 Å². The molecule has 2 aromatic heterocycles. The van der Waals surface area contributed by atoms with Crippen LogP contribution in [0, 0.1) is 5.41 Å². The van der Waals surface area contributed by atoms with E-state index >= 15 is 0 Å². The fraction of sp³-hybridized carbons (Fsp3) is 0.500. The highest BCUT2D eigenvalue weighted by atomic mass is 35.5. The molecule has 4 heterocycles. The predicted molar refractivity (Wildman–Crippen MR) is 126 cm³/mol. The smallest absolute Gasteiger partial charge is 0.213 e. The van der Waals surface area contributed by atoms with Crippen LogP contribution in [0.15, 0.2) is 42.6 Å². The van der Waals surface area contributed by atoms with E-state index in [1.165, 1.54) is 11.3 Å². The highest BCUT2D eigenvalue weighted by Crippen LogP contribution is 2.44. The van der Waals surface area contributed by atoms with Crippen molar-refractivity contribution in [1.29, 1.82) is 0 Å². The van der Waals surface area contributed by atoms with Crippen LogP contribution in [0.4, 0.5) is 0 Å². The summed E-state index contributed by atoms with van der Waals surface area (Å²) in [6, 6.07) is 12.1. The van der Waals surface area contributed by atoms with E-state index in [-0.39, 0.29) is 11.5 Å². The molecule has 7 heteroatoms. The molecule has 0 unspecified atom stereocenters. The summed E-state index contributed by atoms with van der Waals surface area (Å²) in [5, 5.41) is 10.3. The minimum atomic E-state index is 0.171. The highest BCUT2D eigenvalue weighted by molar-refractivity contribution is 6.30. The molecule has 0 atom stereocenters. The lowest BCUT2D eigenvalue weighted by molar-refractivity contribution is 0.0144. The molecule has 33 heavy (non-hydrogen) atoms. The second kappa shape index (κ2) is 8.73. The van der Waals surface area contributed by atoms with Crippen LogP contribution >= 0.6 is 11.6 Å². The molecular formula is C26H29ClN4O2. The molecule has 1 saturated heterocycles. The van der Waals surface area contributed by atoms with E-state index in [0.717, 1.165) is 81.3 Å². The first-order valence-electron chi connectivity index (χ1n) is 12.1. The van der Waals surface area contributed by atoms with Crippen LogP contribution < -0.4 is 4.74 Å². The second-order valence-electron chi connectivity index (χ2n) is 9.81. The van der Waals surface area contributed by atoms with Crippen molar-refractivity contribution in [3.8, 4) is 11.6 Å². The van der Waals surface area contributed by atoms with Crippen LogP contribution in [0.3, 0.4) is 0 Å². The molecule has 2 fully saturated rings. The zero-order chi connectivity index (χ0) is 22.3. The van der Waals surface area contributed by atoms with Gasteiger partial charge in [0.2, 0.25) is 5.88 Å². The van der Waals surface area contributed by atoms with E-state index in [1.54, 1.807) is 6.20 Å². The van der Waals surface area contributed by atoms with Gasteiger partial charge < -0.3 is 9.47 Å². The number of aromatic nitrogens is 4. The van der Waals surface area contributed by atoms with E-state index < -0.39 is 0 Å². The Morgan fingerprint density at radius 3 is 2.64 bits per heavy atom. The van der Waals surface area contributed by atoms with Crippen LogP contribution in [-0.4, -0.2) is 39.1 Å². The van der Waals surface area contributed by atoms with Gasteiger partial charge in [-0.05, 0) is 80.2 Å². The normalized spacial score (nSPS) is 24.0. The molecule has 0 radical (unpaired) electrons. The van der Waals surface area contributed by atoms with E-state index in [2.05, 4.69) is 21.7 Å². The molecule has 6 nitrogen and oxygen atoms in total. The Morgan fingerprint density at radius 2 is 1.85 bits per heavy atom. The van der Waals surface area contributed by atoms with Crippen molar-refractivity contribution in [2.45, 2.75) is 63.4 Å². The molecule has 2 aliphatic heterocycles. The number of nitrogens with zero attached hydrogens (tertiary/aromatic N) is 4. The second-order valence-corrected chi connectivity index (χ2v) is 10.2. The zero-order valence-electron chi connectivity index (χ0n) is 18.8. The SMILES string of the molecule is Clc1ccc2c(c1)CC1(CCOCC1)Cc1nnc(C3CCC(Oc4ccccn4)CC3)n1-2. The van der Waals surface area contributed by atoms with Gasteiger partial charge in [0, 0.05) is 42.8 Å². The Kier molecular flexibility index (Phi) is 5.59. The van der Waals surface area contributed by atoms with Gasteiger partial charge in [0.1, 0.15) is 17.8 Å². The summed E-state index contributed by atoms with van der Waals surface area (Å²) in [5.74, 6) is 3.26. The fourth-order valence-electron chi connectivity index (χ4n) is 5.87. The number of benzene rings is 1. The minimum Gasteiger partial charge on any atom is -0.474 e. The van der Waals surface area contributed by atoms with Crippen molar-refractivity contribution in [3.63, 3.8) is 0 Å². The van der Waals surface area contributed by atoms with Crippen LogP contribution in [0.1, 0.15) is 61.7 Å². The maximum absolute atomic E-state index is 6.45. The standard InChI is InChI=1S/C26H29ClN4O2/c27-20-6-9-22-19(15-20)16-26(10-13-32-14-11-26)17-23-29-30-25(31(22)23)18-4-7-21(8-5-18)33-24-3-1-2-12-28-24/h1-3,6,9,12,15,18,21H,4-5,7-8,10-11,13-14,16-17H2. The quantitative estimate of drug-likeness (QED) is 0.525. The molecule has 1 aromatic carbocycles. The molecular weight excluding hydrogens is 436 g/mol. The lowest BCUT2D eigenvalue weighted by atomic mass is 9.73. The maximum Gasteiger partial charge on any atom is 0.213 e. The predicted octanol–water partition coefficient (Wildman–Crippen LogP) is 5.32. The number of halogens is 1. The molecule has 1 saturated carbocycles. The summed E-state index contributed by atoms with van der Waals surface area (Å²) >= 11 is 6.45. The Bertz CT molecular complexity index is 1120. The Labute approximate surface area is 199 Å². The number of hydrogen-bond donors (Lipinski definition) is 0. The first kappa shape index (κ1) is 21.1. The first-order valence-corrected chi connectivity index (χ1v) is 12.5. The Hall–Kier alpha value is -2.44. The average Bonchev–Trinajstić information content (AvgIpc) is 3.18. The maximum atomic E-state index is 6.45. The minimum absolute atomic E-state index is 0.171. The van der Waals surface area contributed by atoms with Gasteiger partial charge >= 0.3 is 0 Å². The summed E-state index contributed by atoms with van der Waals surface area (Å²) in [6.07, 6.45) is 10.1. The van der Waals surface area contributed by atoms with Gasteiger partial charge in [-0.1, -0.05) is 17.7 Å². The summed E-state index contributed by atoms with van der Waals surface area (Å²) in [4.78, 5) is 4.32. The summed E-state index contributed by atoms with van der Waals surface area (Å²) in [7, 11) is 0. The van der Waals surface area contributed by atoms with Gasteiger partial charge in [-0.25, -0.2) is 4.98 Å². The molecule has 0 amide bonds. The van der Waals surface area contributed by atoms with Crippen LogP contribution in [0.25, 0.3) is 5.69 Å². The summed E-state index contributed by atoms with van der Waals surface area (Å²) in [5.41, 5.74) is 2.67. The van der Waals surface area contributed by atoms with Crippen molar-refractivity contribution in [3.05, 3.63) is 64.8 Å². The number of rotatable bonds is 3. The molecule has 1 aliphatic carbocycles. The molecule has 172 valence electrons. The van der Waals surface area contributed by atoms with Crippen molar-refractivity contribution in [1.82, 2.24) is 19.7 Å². The molecule has 0 N–H and O–H groups in total. The van der Waals surface area contributed by atoms with Gasteiger partial charge in [0.25, 0.3) is 0 Å². The largest absolute Gasteiger partial charge is 0.474 e. The van der Waals surface area contributed by atoms with Crippen molar-refractivity contribution in [2.24, 2.45) is 5.41 Å². The Balaban J connectivity index is 1.28. The van der Waals surface area contributed by atoms with Crippen LogP contribution in [0.5, 0.6) is 5.88 Å². The van der Waals surface area contributed by atoms with Gasteiger partial charge in [-0.2, -0.15) is 0 Å². The molecule has 3 aliphatic rings. The third-order valence-electron chi connectivity index (χ3n) is 7.65. The van der Waals surface area contributed by atoms with E-state index in [1.807, 2.05) is 24.3 Å². The summed E-state index contributed by atoms with van der Waals surface area (Å²) < 4.78 is 14.2. The molecule has 6 rings (SSSR count). The van der Waals surface area contributed by atoms with Crippen molar-refractivity contribution >= 4 is 11.6 Å². The average molecular weight is 465 g/mol. The third kappa shape index (κ3) is 4.15. The van der Waals surface area contributed by atoms with Gasteiger partial charge in [0.05, 0.1) is 5.69 Å². The topological polar surface area (TPSA) is 62.1 Å². The van der Waals surface area contributed by atoms with Crippen molar-refractivity contribution < 1.29 is 9.47 Å². The number of fused-ring (bicyclic) bond motifs is 3. The van der Waals surface area contributed by atoms with Crippen LogP contribution in [0.2, 0.25) is 5.02 Å². The molecule has 3 aromatic rings. The number of ether oxygens (including phenoxy) is 2. The molecule has 1 spiro atoms. The van der Waals surface area contributed by atoms with Crippen LogP contribution in [-0.2, 0) is 17.6 Å². The monoisotopic (exact) mass is 464 g/mol. The Morgan fingerprint density at radius 1 is 1.00 bits per heavy atom. The van der Waals surface area contributed by atoms with E-state index in [9.17, 15) is 0 Å². The van der Waals surface area contributed by atoms with Gasteiger partial charge in [0.15, 0.2) is 0 Å². The van der Waals surface area contributed by atoms with Crippen molar-refractivity contribution in [2.75, 3.05) is 13.2 Å².